The normalized spacial score (nSPS) is 27.2. The Hall–Kier alpha value is -1.06. The van der Waals surface area contributed by atoms with Crippen LogP contribution in [0.2, 0.25) is 0 Å². The Bertz CT molecular complexity index is 353. The fraction of sp³-hybridized carbons (Fsp3) is 0.857. The minimum Gasteiger partial charge on any atom is -0.308 e. The summed E-state index contributed by atoms with van der Waals surface area (Å²) < 4.78 is 0. The third-order valence-corrected chi connectivity index (χ3v) is 4.06. The molecule has 0 radical (unpaired) electrons. The highest BCUT2D eigenvalue weighted by atomic mass is 16.2. The molecular formula is C14H24N2O2. The highest BCUT2D eigenvalue weighted by Crippen LogP contribution is 2.32. The van der Waals surface area contributed by atoms with Crippen molar-refractivity contribution in [3.05, 3.63) is 0 Å². The number of nitrogens with zero attached hydrogens (tertiary/aromatic N) is 2. The van der Waals surface area contributed by atoms with Crippen molar-refractivity contribution in [2.24, 2.45) is 0 Å². The summed E-state index contributed by atoms with van der Waals surface area (Å²) in [4.78, 5) is 28.1. The lowest BCUT2D eigenvalue weighted by atomic mass is 9.94. The van der Waals surface area contributed by atoms with Crippen LogP contribution in [-0.2, 0) is 4.79 Å². The lowest BCUT2D eigenvalue weighted by molar-refractivity contribution is -0.130. The van der Waals surface area contributed by atoms with E-state index in [-0.39, 0.29) is 29.6 Å². The van der Waals surface area contributed by atoms with E-state index in [0.29, 0.717) is 0 Å². The number of carbonyl (C=O) groups is 2. The van der Waals surface area contributed by atoms with E-state index in [9.17, 15) is 9.59 Å². The summed E-state index contributed by atoms with van der Waals surface area (Å²) in [6.07, 6.45) is 5.44. The van der Waals surface area contributed by atoms with Gasteiger partial charge in [-0.2, -0.15) is 0 Å². The third-order valence-electron chi connectivity index (χ3n) is 4.06. The Balaban J connectivity index is 2.22. The first-order valence-corrected chi connectivity index (χ1v) is 7.00. The van der Waals surface area contributed by atoms with E-state index in [1.807, 2.05) is 27.7 Å². The van der Waals surface area contributed by atoms with Crippen LogP contribution in [0.3, 0.4) is 0 Å². The molecule has 1 saturated heterocycles. The van der Waals surface area contributed by atoms with Crippen LogP contribution in [0.1, 0.15) is 59.8 Å². The quantitative estimate of drug-likeness (QED) is 0.673. The number of amides is 3. The molecule has 2 fully saturated rings. The average Bonchev–Trinajstić information content (AvgIpc) is 2.50. The molecule has 0 aromatic carbocycles. The molecule has 0 N–H and O–H groups in total. The largest absolute Gasteiger partial charge is 0.328 e. The van der Waals surface area contributed by atoms with Gasteiger partial charge in [0.15, 0.2) is 0 Å². The molecule has 0 spiro atoms. The lowest BCUT2D eigenvalue weighted by Gasteiger charge is -2.34. The summed E-state index contributed by atoms with van der Waals surface area (Å²) in [5, 5.41) is 0. The standard InChI is InChI=1S/C14H24N2O2/c1-10-12(17)15(11-8-6-5-7-9-11)13(18)16(10)14(2,3)4/h10-11H,5-9H2,1-4H3. The minimum atomic E-state index is -0.320. The van der Waals surface area contributed by atoms with Crippen LogP contribution in [0, 0.1) is 0 Å². The molecule has 1 saturated carbocycles. The van der Waals surface area contributed by atoms with Gasteiger partial charge in [0.1, 0.15) is 6.04 Å². The molecule has 2 aliphatic rings. The Morgan fingerprint density at radius 2 is 1.61 bits per heavy atom. The molecule has 1 unspecified atom stereocenters. The highest BCUT2D eigenvalue weighted by Gasteiger charge is 2.49. The van der Waals surface area contributed by atoms with Crippen molar-refractivity contribution in [1.82, 2.24) is 9.80 Å². The molecule has 1 heterocycles. The molecule has 0 bridgehead atoms. The van der Waals surface area contributed by atoms with E-state index >= 15 is 0 Å². The molecule has 18 heavy (non-hydrogen) atoms. The fourth-order valence-corrected chi connectivity index (χ4v) is 3.23. The van der Waals surface area contributed by atoms with Gasteiger partial charge < -0.3 is 4.90 Å². The van der Waals surface area contributed by atoms with E-state index in [4.69, 9.17) is 0 Å². The van der Waals surface area contributed by atoms with Crippen molar-refractivity contribution >= 4 is 11.9 Å². The zero-order chi connectivity index (χ0) is 13.5. The maximum Gasteiger partial charge on any atom is 0.328 e. The number of carbonyl (C=O) groups excluding carboxylic acids is 2. The van der Waals surface area contributed by atoms with Gasteiger partial charge in [-0.15, -0.1) is 0 Å². The van der Waals surface area contributed by atoms with Gasteiger partial charge in [0.25, 0.3) is 5.91 Å². The predicted octanol–water partition coefficient (Wildman–Crippen LogP) is 2.77. The first-order chi connectivity index (χ1) is 8.34. The van der Waals surface area contributed by atoms with Gasteiger partial charge in [-0.05, 0) is 40.5 Å². The summed E-state index contributed by atoms with van der Waals surface area (Å²) in [6, 6.07) is -0.278. The molecule has 4 nitrogen and oxygen atoms in total. The second kappa shape index (κ2) is 4.56. The molecule has 1 atom stereocenters. The molecule has 4 heteroatoms. The maximum absolute atomic E-state index is 12.5. The van der Waals surface area contributed by atoms with E-state index < -0.39 is 0 Å². The van der Waals surface area contributed by atoms with Gasteiger partial charge in [0, 0.05) is 11.6 Å². The molecule has 1 aliphatic carbocycles. The Morgan fingerprint density at radius 3 is 2.06 bits per heavy atom. The van der Waals surface area contributed by atoms with E-state index in [0.717, 1.165) is 25.7 Å². The molecule has 2 rings (SSSR count). The van der Waals surface area contributed by atoms with E-state index in [2.05, 4.69) is 0 Å². The van der Waals surface area contributed by atoms with Crippen LogP contribution >= 0.6 is 0 Å². The average molecular weight is 252 g/mol. The summed E-state index contributed by atoms with van der Waals surface area (Å²) in [7, 11) is 0. The highest BCUT2D eigenvalue weighted by molar-refractivity contribution is 6.04. The van der Waals surface area contributed by atoms with Crippen molar-refractivity contribution in [2.45, 2.75) is 77.4 Å². The van der Waals surface area contributed by atoms with Gasteiger partial charge in [-0.3, -0.25) is 9.69 Å². The third kappa shape index (κ3) is 2.13. The molecular weight excluding hydrogens is 228 g/mol. The summed E-state index contributed by atoms with van der Waals surface area (Å²) in [5.41, 5.74) is -0.296. The van der Waals surface area contributed by atoms with E-state index in [1.54, 1.807) is 4.90 Å². The summed E-state index contributed by atoms with van der Waals surface area (Å²) in [6.45, 7) is 7.80. The number of imide groups is 1. The second-order valence-corrected chi connectivity index (χ2v) is 6.50. The molecule has 0 aromatic rings. The van der Waals surface area contributed by atoms with Gasteiger partial charge >= 0.3 is 6.03 Å². The zero-order valence-electron chi connectivity index (χ0n) is 11.9. The van der Waals surface area contributed by atoms with Crippen LogP contribution in [0.15, 0.2) is 0 Å². The second-order valence-electron chi connectivity index (χ2n) is 6.50. The smallest absolute Gasteiger partial charge is 0.308 e. The van der Waals surface area contributed by atoms with Crippen LogP contribution in [0.4, 0.5) is 4.79 Å². The van der Waals surface area contributed by atoms with Crippen molar-refractivity contribution in [1.29, 1.82) is 0 Å². The molecule has 0 aromatic heterocycles. The predicted molar refractivity (Wildman–Crippen MR) is 70.2 cm³/mol. The summed E-state index contributed by atoms with van der Waals surface area (Å²) >= 11 is 0. The zero-order valence-corrected chi connectivity index (χ0v) is 11.9. The Kier molecular flexibility index (Phi) is 3.39. The molecule has 3 amide bonds. The Morgan fingerprint density at radius 1 is 1.06 bits per heavy atom. The molecule has 102 valence electrons. The monoisotopic (exact) mass is 252 g/mol. The van der Waals surface area contributed by atoms with Gasteiger partial charge in [0.2, 0.25) is 0 Å². The van der Waals surface area contributed by atoms with Crippen LogP contribution in [0.5, 0.6) is 0 Å². The SMILES string of the molecule is CC1C(=O)N(C2CCCCC2)C(=O)N1C(C)(C)C. The van der Waals surface area contributed by atoms with Gasteiger partial charge in [-0.1, -0.05) is 19.3 Å². The van der Waals surface area contributed by atoms with Crippen molar-refractivity contribution in [2.75, 3.05) is 0 Å². The van der Waals surface area contributed by atoms with Crippen molar-refractivity contribution < 1.29 is 9.59 Å². The van der Waals surface area contributed by atoms with Gasteiger partial charge in [-0.25, -0.2) is 4.79 Å². The van der Waals surface area contributed by atoms with E-state index in [1.165, 1.54) is 11.3 Å². The summed E-state index contributed by atoms with van der Waals surface area (Å²) in [5.74, 6) is -0.0122. The van der Waals surface area contributed by atoms with Crippen molar-refractivity contribution in [3.63, 3.8) is 0 Å². The lowest BCUT2D eigenvalue weighted by Crippen LogP contribution is -2.48. The number of hydrogen-bond acceptors (Lipinski definition) is 2. The van der Waals surface area contributed by atoms with Crippen LogP contribution in [0.25, 0.3) is 0 Å². The fourth-order valence-electron chi connectivity index (χ4n) is 3.23. The topological polar surface area (TPSA) is 40.6 Å². The number of urea groups is 1. The first kappa shape index (κ1) is 13.4. The van der Waals surface area contributed by atoms with Gasteiger partial charge in [0.05, 0.1) is 0 Å². The minimum absolute atomic E-state index is 0.0122. The number of rotatable bonds is 1. The van der Waals surface area contributed by atoms with Crippen LogP contribution < -0.4 is 0 Å². The first-order valence-electron chi connectivity index (χ1n) is 7.00. The number of hydrogen-bond donors (Lipinski definition) is 0. The Labute approximate surface area is 109 Å². The van der Waals surface area contributed by atoms with Crippen LogP contribution in [-0.4, -0.2) is 39.4 Å². The molecule has 1 aliphatic heterocycles. The maximum atomic E-state index is 12.5. The van der Waals surface area contributed by atoms with Crippen molar-refractivity contribution in [3.8, 4) is 0 Å².